The van der Waals surface area contributed by atoms with E-state index in [9.17, 15) is 0 Å². The monoisotopic (exact) mass is 543 g/mol. The van der Waals surface area contributed by atoms with Crippen LogP contribution in [0.2, 0.25) is 0 Å². The van der Waals surface area contributed by atoms with Crippen LogP contribution < -0.4 is 9.64 Å². The van der Waals surface area contributed by atoms with Crippen LogP contribution in [0.15, 0.2) is 85.5 Å². The zero-order valence-electron chi connectivity index (χ0n) is 24.9. The molecule has 0 spiro atoms. The second-order valence-corrected chi connectivity index (χ2v) is 12.2. The van der Waals surface area contributed by atoms with E-state index in [0.717, 1.165) is 46.1 Å². The number of benzene rings is 3. The van der Waals surface area contributed by atoms with Gasteiger partial charge in [0.15, 0.2) is 5.82 Å². The molecule has 0 amide bonds. The maximum absolute atomic E-state index is 6.59. The van der Waals surface area contributed by atoms with Crippen LogP contribution in [-0.2, 0) is 5.41 Å². The van der Waals surface area contributed by atoms with Crippen molar-refractivity contribution in [3.63, 3.8) is 0 Å². The van der Waals surface area contributed by atoms with Crippen molar-refractivity contribution in [2.45, 2.75) is 47.0 Å². The van der Waals surface area contributed by atoms with E-state index in [1.807, 2.05) is 29.2 Å². The summed E-state index contributed by atoms with van der Waals surface area (Å²) in [4.78, 5) is 9.03. The van der Waals surface area contributed by atoms with Crippen molar-refractivity contribution >= 4 is 16.6 Å². The summed E-state index contributed by atoms with van der Waals surface area (Å²) < 4.78 is 8.48. The van der Waals surface area contributed by atoms with Gasteiger partial charge in [-0.3, -0.25) is 0 Å². The third-order valence-corrected chi connectivity index (χ3v) is 7.67. The topological polar surface area (TPSA) is 46.4 Å². The van der Waals surface area contributed by atoms with Gasteiger partial charge in [0.1, 0.15) is 11.5 Å². The third kappa shape index (κ3) is 5.30. The lowest BCUT2D eigenvalue weighted by Gasteiger charge is -2.21. The zero-order chi connectivity index (χ0) is 28.9. The van der Waals surface area contributed by atoms with Crippen LogP contribution >= 0.6 is 0 Å². The van der Waals surface area contributed by atoms with E-state index in [1.165, 1.54) is 27.8 Å². The molecule has 0 unspecified atom stereocenters. The molecule has 0 N–H and O–H groups in total. The minimum Gasteiger partial charge on any atom is -0.457 e. The van der Waals surface area contributed by atoms with E-state index in [2.05, 4.69) is 129 Å². The molecule has 0 bridgehead atoms. The summed E-state index contributed by atoms with van der Waals surface area (Å²) in [5, 5.41) is 5.70. The Balaban J connectivity index is 1.41. The molecule has 0 fully saturated rings. The molecule has 0 saturated carbocycles. The second kappa shape index (κ2) is 10.1. The number of fused-ring (bicyclic) bond motifs is 1. The van der Waals surface area contributed by atoms with Gasteiger partial charge in [-0.05, 0) is 90.4 Å². The number of nitrogens with zero attached hydrogens (tertiary/aromatic N) is 5. The number of ether oxygens (including phenoxy) is 1. The van der Waals surface area contributed by atoms with E-state index in [0.29, 0.717) is 0 Å². The summed E-state index contributed by atoms with van der Waals surface area (Å²) in [6, 6.07) is 21.3. The highest BCUT2D eigenvalue weighted by atomic mass is 16.5. The number of hydrogen-bond donors (Lipinski definition) is 0. The largest absolute Gasteiger partial charge is 0.457 e. The Morgan fingerprint density at radius 2 is 1.61 bits per heavy atom. The molecule has 2 aromatic heterocycles. The van der Waals surface area contributed by atoms with Crippen LogP contribution in [0.1, 0.15) is 43.0 Å². The molecule has 208 valence electrons. The summed E-state index contributed by atoms with van der Waals surface area (Å²) in [5.74, 6) is 2.34. The van der Waals surface area contributed by atoms with Crippen molar-refractivity contribution in [3.8, 4) is 28.4 Å². The number of rotatable bonds is 5. The van der Waals surface area contributed by atoms with Crippen molar-refractivity contribution < 1.29 is 4.74 Å². The Morgan fingerprint density at radius 3 is 2.32 bits per heavy atom. The fourth-order valence-corrected chi connectivity index (χ4v) is 5.67. The fourth-order valence-electron chi connectivity index (χ4n) is 5.67. The Labute approximate surface area is 242 Å². The van der Waals surface area contributed by atoms with Gasteiger partial charge in [0.25, 0.3) is 0 Å². The van der Waals surface area contributed by atoms with Crippen LogP contribution in [0.25, 0.3) is 27.8 Å². The van der Waals surface area contributed by atoms with Crippen LogP contribution in [-0.4, -0.2) is 33.4 Å². The molecular weight excluding hydrogens is 506 g/mol. The normalized spacial score (nSPS) is 13.4. The zero-order valence-corrected chi connectivity index (χ0v) is 24.9. The predicted molar refractivity (Wildman–Crippen MR) is 168 cm³/mol. The van der Waals surface area contributed by atoms with Gasteiger partial charge in [0.05, 0.1) is 18.4 Å². The molecule has 0 saturated heterocycles. The second-order valence-electron chi connectivity index (χ2n) is 12.2. The molecule has 6 nitrogen and oxygen atoms in total. The number of aromatic nitrogens is 3. The lowest BCUT2D eigenvalue weighted by Crippen LogP contribution is -2.21. The van der Waals surface area contributed by atoms with Crippen molar-refractivity contribution in [2.75, 3.05) is 18.6 Å². The molecule has 1 aliphatic rings. The molecule has 41 heavy (non-hydrogen) atoms. The molecule has 0 radical (unpaired) electrons. The SMILES string of the molecule is Cc1cc(C)c(-c2cc(Oc3ccc4cnn(-c5cc(C(C)(C)C)ccn5)c4c3)cc(N3C=CN(C)C3)c2)c(C)c1. The Hall–Kier alpha value is -4.58. The van der Waals surface area contributed by atoms with Gasteiger partial charge in [-0.2, -0.15) is 5.10 Å². The minimum absolute atomic E-state index is 0.0190. The summed E-state index contributed by atoms with van der Waals surface area (Å²) in [6.07, 6.45) is 7.94. The van der Waals surface area contributed by atoms with Gasteiger partial charge in [0.2, 0.25) is 0 Å². The molecule has 3 aromatic carbocycles. The van der Waals surface area contributed by atoms with Crippen LogP contribution in [0.5, 0.6) is 11.5 Å². The summed E-state index contributed by atoms with van der Waals surface area (Å²) >= 11 is 0. The minimum atomic E-state index is 0.0190. The highest BCUT2D eigenvalue weighted by Gasteiger charge is 2.18. The Kier molecular flexibility index (Phi) is 6.57. The van der Waals surface area contributed by atoms with Crippen molar-refractivity contribution in [2.24, 2.45) is 0 Å². The number of anilines is 1. The van der Waals surface area contributed by atoms with Gasteiger partial charge in [-0.25, -0.2) is 9.67 Å². The maximum Gasteiger partial charge on any atom is 0.154 e. The molecule has 3 heterocycles. The first kappa shape index (κ1) is 26.6. The molecular formula is C35H37N5O. The fraction of sp³-hybridized carbons (Fsp3) is 0.257. The Bertz CT molecular complexity index is 1770. The molecule has 6 rings (SSSR count). The summed E-state index contributed by atoms with van der Waals surface area (Å²) in [6.45, 7) is 13.9. The van der Waals surface area contributed by atoms with E-state index < -0.39 is 0 Å². The lowest BCUT2D eigenvalue weighted by atomic mass is 9.88. The molecule has 6 heteroatoms. The maximum atomic E-state index is 6.59. The van der Waals surface area contributed by atoms with E-state index in [4.69, 9.17) is 4.74 Å². The van der Waals surface area contributed by atoms with Crippen molar-refractivity contribution in [1.82, 2.24) is 19.7 Å². The first-order chi connectivity index (χ1) is 19.5. The van der Waals surface area contributed by atoms with Crippen LogP contribution in [0.4, 0.5) is 5.69 Å². The summed E-state index contributed by atoms with van der Waals surface area (Å²) in [5.41, 5.74) is 9.45. The highest BCUT2D eigenvalue weighted by molar-refractivity contribution is 5.82. The third-order valence-electron chi connectivity index (χ3n) is 7.67. The quantitative estimate of drug-likeness (QED) is 0.223. The van der Waals surface area contributed by atoms with E-state index in [1.54, 1.807) is 0 Å². The van der Waals surface area contributed by atoms with E-state index >= 15 is 0 Å². The van der Waals surface area contributed by atoms with Crippen molar-refractivity contribution in [3.05, 3.63) is 108 Å². The predicted octanol–water partition coefficient (Wildman–Crippen LogP) is 8.28. The highest BCUT2D eigenvalue weighted by Crippen LogP contribution is 2.37. The van der Waals surface area contributed by atoms with Gasteiger partial charge < -0.3 is 14.5 Å². The van der Waals surface area contributed by atoms with E-state index in [-0.39, 0.29) is 5.41 Å². The number of aryl methyl sites for hydroxylation is 3. The molecule has 0 aliphatic carbocycles. The van der Waals surface area contributed by atoms with Gasteiger partial charge in [-0.1, -0.05) is 38.5 Å². The average molecular weight is 544 g/mol. The first-order valence-corrected chi connectivity index (χ1v) is 14.1. The number of hydrogen-bond acceptors (Lipinski definition) is 5. The van der Waals surface area contributed by atoms with Gasteiger partial charge in [0, 0.05) is 48.9 Å². The van der Waals surface area contributed by atoms with Gasteiger partial charge in [-0.15, -0.1) is 0 Å². The standard InChI is InChI=1S/C35H37N5O/c1-23-14-24(2)34(25(3)15-23)27-16-29(39-13-12-38(7)22-39)19-31(17-27)41-30-9-8-26-21-37-40(32(26)20-30)33-18-28(10-11-36-33)35(4,5)6/h8-21H,22H2,1-7H3. The van der Waals surface area contributed by atoms with Gasteiger partial charge >= 0.3 is 0 Å². The molecule has 5 aromatic rings. The van der Waals surface area contributed by atoms with Crippen LogP contribution in [0, 0.1) is 20.8 Å². The lowest BCUT2D eigenvalue weighted by molar-refractivity contribution is 0.481. The smallest absolute Gasteiger partial charge is 0.154 e. The Morgan fingerprint density at radius 1 is 0.829 bits per heavy atom. The number of pyridine rings is 1. The van der Waals surface area contributed by atoms with Crippen LogP contribution in [0.3, 0.4) is 0 Å². The summed E-state index contributed by atoms with van der Waals surface area (Å²) in [7, 11) is 2.08. The van der Waals surface area contributed by atoms with Crippen molar-refractivity contribution in [1.29, 1.82) is 0 Å². The first-order valence-electron chi connectivity index (χ1n) is 14.1. The average Bonchev–Trinajstić information content (AvgIpc) is 3.54. The molecule has 0 atom stereocenters. The molecule has 1 aliphatic heterocycles.